The van der Waals surface area contributed by atoms with Gasteiger partial charge in [0.2, 0.25) is 0 Å². The van der Waals surface area contributed by atoms with Gasteiger partial charge in [-0.3, -0.25) is 0 Å². The molecule has 2 rings (SSSR count). The fourth-order valence-electron chi connectivity index (χ4n) is 2.05. The van der Waals surface area contributed by atoms with E-state index in [0.29, 0.717) is 5.15 Å². The topological polar surface area (TPSA) is 42.0 Å². The Morgan fingerprint density at radius 3 is 2.62 bits per heavy atom. The van der Waals surface area contributed by atoms with E-state index in [4.69, 9.17) is 11.6 Å². The first-order valence-electron chi connectivity index (χ1n) is 6.94. The molecule has 1 N–H and O–H groups in total. The molecular formula is C16H21ClN2OS. The van der Waals surface area contributed by atoms with E-state index in [2.05, 4.69) is 9.71 Å². The molecule has 0 aliphatic heterocycles. The molecule has 21 heavy (non-hydrogen) atoms. The number of nitrogens with one attached hydrogen (secondary N) is 1. The maximum absolute atomic E-state index is 12.2. The van der Waals surface area contributed by atoms with Crippen molar-refractivity contribution >= 4 is 33.5 Å². The second-order valence-corrected chi connectivity index (χ2v) is 8.59. The van der Waals surface area contributed by atoms with Crippen molar-refractivity contribution < 1.29 is 4.21 Å². The monoisotopic (exact) mass is 324 g/mol. The number of nitrogens with zero attached hydrogens (tertiary/aromatic N) is 1. The van der Waals surface area contributed by atoms with Gasteiger partial charge in [-0.1, -0.05) is 29.8 Å². The third kappa shape index (κ3) is 3.62. The molecule has 1 unspecified atom stereocenters. The maximum Gasteiger partial charge on any atom is 0.134 e. The number of rotatable bonds is 3. The first-order chi connectivity index (χ1) is 9.70. The summed E-state index contributed by atoms with van der Waals surface area (Å²) in [5.74, 6) is 0. The van der Waals surface area contributed by atoms with Crippen molar-refractivity contribution in [1.29, 1.82) is 0 Å². The van der Waals surface area contributed by atoms with Gasteiger partial charge in [-0.2, -0.15) is 0 Å². The van der Waals surface area contributed by atoms with Gasteiger partial charge in [-0.05, 0) is 46.2 Å². The van der Waals surface area contributed by atoms with Crippen molar-refractivity contribution in [1.82, 2.24) is 9.71 Å². The van der Waals surface area contributed by atoms with Gasteiger partial charge in [0.1, 0.15) is 5.15 Å². The highest BCUT2D eigenvalue weighted by molar-refractivity contribution is 7.84. The molecule has 3 nitrogen and oxygen atoms in total. The van der Waals surface area contributed by atoms with Gasteiger partial charge in [0, 0.05) is 17.0 Å². The van der Waals surface area contributed by atoms with E-state index < -0.39 is 11.0 Å². The van der Waals surface area contributed by atoms with Crippen molar-refractivity contribution in [2.45, 2.75) is 45.4 Å². The molecule has 0 saturated carbocycles. The van der Waals surface area contributed by atoms with Gasteiger partial charge in [-0.25, -0.2) is 13.9 Å². The Bertz CT molecular complexity index is 694. The van der Waals surface area contributed by atoms with E-state index >= 15 is 0 Å². The Balaban J connectivity index is 2.38. The summed E-state index contributed by atoms with van der Waals surface area (Å²) in [6.07, 6.45) is 0. The third-order valence-corrected chi connectivity index (χ3v) is 5.32. The molecule has 0 spiro atoms. The summed E-state index contributed by atoms with van der Waals surface area (Å²) in [6, 6.07) is 7.93. The Kier molecular flexibility index (Phi) is 4.71. The number of fused-ring (bicyclic) bond motifs is 1. The van der Waals surface area contributed by atoms with E-state index in [-0.39, 0.29) is 10.8 Å². The van der Waals surface area contributed by atoms with Crippen molar-refractivity contribution in [2.75, 3.05) is 0 Å². The molecule has 2 aromatic rings. The van der Waals surface area contributed by atoms with Crippen LogP contribution in [0.15, 0.2) is 24.3 Å². The number of halogens is 1. The quantitative estimate of drug-likeness (QED) is 0.855. The van der Waals surface area contributed by atoms with Crippen LogP contribution in [0.2, 0.25) is 5.15 Å². The molecule has 0 saturated heterocycles. The molecule has 0 amide bonds. The van der Waals surface area contributed by atoms with E-state index in [0.717, 1.165) is 22.0 Å². The van der Waals surface area contributed by atoms with Gasteiger partial charge in [0.05, 0.1) is 21.2 Å². The predicted molar refractivity (Wildman–Crippen MR) is 90.9 cm³/mol. The van der Waals surface area contributed by atoms with Crippen LogP contribution in [0.5, 0.6) is 0 Å². The lowest BCUT2D eigenvalue weighted by atomic mass is 10.1. The lowest BCUT2D eigenvalue weighted by Gasteiger charge is -2.22. The number of benzene rings is 1. The molecule has 0 radical (unpaired) electrons. The second kappa shape index (κ2) is 6.03. The van der Waals surface area contributed by atoms with Crippen LogP contribution in [0.1, 0.15) is 44.9 Å². The lowest BCUT2D eigenvalue weighted by molar-refractivity contribution is 0.616. The summed E-state index contributed by atoms with van der Waals surface area (Å²) < 4.78 is 15.0. The van der Waals surface area contributed by atoms with Crippen molar-refractivity contribution in [3.8, 4) is 0 Å². The Morgan fingerprint density at radius 1 is 1.33 bits per heavy atom. The smallest absolute Gasteiger partial charge is 0.134 e. The first kappa shape index (κ1) is 16.4. The van der Waals surface area contributed by atoms with Crippen LogP contribution in [0.4, 0.5) is 0 Å². The fraction of sp³-hybridized carbons (Fsp3) is 0.438. The molecule has 0 aliphatic rings. The summed E-state index contributed by atoms with van der Waals surface area (Å²) in [5, 5.41) is 1.51. The average Bonchev–Trinajstić information content (AvgIpc) is 2.38. The molecule has 114 valence electrons. The number of pyridine rings is 1. The van der Waals surface area contributed by atoms with Crippen molar-refractivity contribution in [3.63, 3.8) is 0 Å². The largest absolute Gasteiger partial charge is 0.242 e. The maximum atomic E-state index is 12.2. The Labute approximate surface area is 133 Å². The molecule has 1 aromatic heterocycles. The number of para-hydroxylation sites is 1. The number of aryl methyl sites for hydroxylation is 1. The van der Waals surface area contributed by atoms with Crippen LogP contribution in [0.25, 0.3) is 10.9 Å². The normalized spacial score (nSPS) is 15.1. The zero-order valence-corrected chi connectivity index (χ0v) is 14.6. The number of hydrogen-bond donors (Lipinski definition) is 1. The first-order valence-corrected chi connectivity index (χ1v) is 8.46. The zero-order valence-electron chi connectivity index (χ0n) is 13.0. The second-order valence-electron chi connectivity index (χ2n) is 6.24. The van der Waals surface area contributed by atoms with Gasteiger partial charge in [-0.15, -0.1) is 0 Å². The molecule has 1 heterocycles. The van der Waals surface area contributed by atoms with Crippen LogP contribution in [0.3, 0.4) is 0 Å². The predicted octanol–water partition coefficient (Wildman–Crippen LogP) is 4.31. The minimum Gasteiger partial charge on any atom is -0.242 e. The number of hydrogen-bond acceptors (Lipinski definition) is 2. The summed E-state index contributed by atoms with van der Waals surface area (Å²) in [4.78, 5) is 4.49. The third-order valence-electron chi connectivity index (χ3n) is 3.33. The van der Waals surface area contributed by atoms with Gasteiger partial charge in [0.15, 0.2) is 0 Å². The highest BCUT2D eigenvalue weighted by Gasteiger charge is 2.23. The summed E-state index contributed by atoms with van der Waals surface area (Å²) in [6.45, 7) is 9.78. The van der Waals surface area contributed by atoms with E-state index in [9.17, 15) is 4.21 Å². The highest BCUT2D eigenvalue weighted by atomic mass is 35.5. The van der Waals surface area contributed by atoms with Gasteiger partial charge in [0.25, 0.3) is 0 Å². The van der Waals surface area contributed by atoms with Crippen LogP contribution in [-0.2, 0) is 11.0 Å². The minimum absolute atomic E-state index is 0.130. The summed E-state index contributed by atoms with van der Waals surface area (Å²) >= 11 is 6.32. The molecule has 5 heteroatoms. The summed E-state index contributed by atoms with van der Waals surface area (Å²) in [5.41, 5.74) is 2.88. The van der Waals surface area contributed by atoms with Crippen molar-refractivity contribution in [3.05, 3.63) is 40.5 Å². The SMILES string of the molecule is Cc1cccc2cc([C@H](C)NS(=O)C(C)(C)C)c(Cl)nc12. The van der Waals surface area contributed by atoms with Crippen LogP contribution < -0.4 is 4.72 Å². The van der Waals surface area contributed by atoms with Crippen LogP contribution in [0, 0.1) is 6.92 Å². The molecule has 0 fully saturated rings. The van der Waals surface area contributed by atoms with Gasteiger partial charge < -0.3 is 0 Å². The van der Waals surface area contributed by atoms with Crippen LogP contribution in [-0.4, -0.2) is 13.9 Å². The van der Waals surface area contributed by atoms with E-state index in [1.165, 1.54) is 0 Å². The van der Waals surface area contributed by atoms with E-state index in [1.54, 1.807) is 0 Å². The molecule has 2 atom stereocenters. The highest BCUT2D eigenvalue weighted by Crippen LogP contribution is 2.28. The van der Waals surface area contributed by atoms with Crippen molar-refractivity contribution in [2.24, 2.45) is 0 Å². The summed E-state index contributed by atoms with van der Waals surface area (Å²) in [7, 11) is -1.15. The Morgan fingerprint density at radius 2 is 2.00 bits per heavy atom. The molecule has 0 bridgehead atoms. The standard InChI is InChI=1S/C16H21ClN2OS/c1-10-7-6-8-12-9-13(15(17)18-14(10)12)11(2)19-21(20)16(3,4)5/h6-9,11,19H,1-5H3/t11-,21?/m0/s1. The minimum atomic E-state index is -1.15. The lowest BCUT2D eigenvalue weighted by Crippen LogP contribution is -2.34. The van der Waals surface area contributed by atoms with Gasteiger partial charge >= 0.3 is 0 Å². The molecule has 0 aliphatic carbocycles. The average molecular weight is 325 g/mol. The molecule has 1 aromatic carbocycles. The fourth-order valence-corrected chi connectivity index (χ4v) is 3.15. The van der Waals surface area contributed by atoms with E-state index in [1.807, 2.05) is 58.9 Å². The number of aromatic nitrogens is 1. The molecular weight excluding hydrogens is 304 g/mol. The van der Waals surface area contributed by atoms with Crippen LogP contribution >= 0.6 is 11.6 Å². The zero-order chi connectivity index (χ0) is 15.8. The Hall–Kier alpha value is -0.970.